The zero-order valence-corrected chi connectivity index (χ0v) is 16.6. The summed E-state index contributed by atoms with van der Waals surface area (Å²) in [5, 5.41) is 0. The molecule has 1 aromatic heterocycles. The maximum absolute atomic E-state index is 11.4. The van der Waals surface area contributed by atoms with Crippen LogP contribution in [-0.2, 0) is 4.74 Å². The van der Waals surface area contributed by atoms with Crippen LogP contribution < -0.4 is 9.47 Å². The second kappa shape index (κ2) is 9.13. The van der Waals surface area contributed by atoms with Crippen molar-refractivity contribution in [2.45, 2.75) is 6.42 Å². The molecule has 0 amide bonds. The van der Waals surface area contributed by atoms with Crippen molar-refractivity contribution in [2.24, 2.45) is 0 Å². The third-order valence-corrected chi connectivity index (χ3v) is 4.60. The summed E-state index contributed by atoms with van der Waals surface area (Å²) in [4.78, 5) is 19.4. The molecular weight excluding hydrogens is 380 g/mol. The summed E-state index contributed by atoms with van der Waals surface area (Å²) in [6.07, 6.45) is 0.730. The van der Waals surface area contributed by atoms with Crippen molar-refractivity contribution in [3.8, 4) is 22.9 Å². The highest BCUT2D eigenvalue weighted by atomic mass is 16.5. The monoisotopic (exact) mass is 402 g/mol. The van der Waals surface area contributed by atoms with Crippen LogP contribution in [0.3, 0.4) is 0 Å². The highest BCUT2D eigenvalue weighted by molar-refractivity contribution is 5.89. The molecule has 1 heterocycles. The summed E-state index contributed by atoms with van der Waals surface area (Å²) in [6.45, 7) is 1.05. The molecule has 4 aromatic rings. The van der Waals surface area contributed by atoms with Crippen molar-refractivity contribution in [1.29, 1.82) is 0 Å². The van der Waals surface area contributed by atoms with Crippen molar-refractivity contribution in [2.75, 3.05) is 20.3 Å². The topological polar surface area (TPSA) is 73.4 Å². The number of ether oxygens (including phenoxy) is 3. The molecule has 0 saturated heterocycles. The highest BCUT2D eigenvalue weighted by Crippen LogP contribution is 2.24. The number of aromatic nitrogens is 2. The number of hydrogen-bond donors (Lipinski definition) is 1. The number of imidazole rings is 1. The fourth-order valence-electron chi connectivity index (χ4n) is 3.07. The van der Waals surface area contributed by atoms with E-state index in [1.165, 1.54) is 7.11 Å². The van der Waals surface area contributed by atoms with Crippen LogP contribution in [0.2, 0.25) is 0 Å². The van der Waals surface area contributed by atoms with Crippen molar-refractivity contribution in [3.63, 3.8) is 0 Å². The van der Waals surface area contributed by atoms with Gasteiger partial charge in [0.25, 0.3) is 0 Å². The number of esters is 1. The maximum atomic E-state index is 11.4. The summed E-state index contributed by atoms with van der Waals surface area (Å²) in [6, 6.07) is 22.7. The van der Waals surface area contributed by atoms with Gasteiger partial charge in [0, 0.05) is 12.0 Å². The molecule has 6 heteroatoms. The number of methoxy groups -OCH3 is 1. The molecule has 0 aliphatic carbocycles. The number of H-pyrrole nitrogens is 1. The number of fused-ring (bicyclic) bond motifs is 1. The van der Waals surface area contributed by atoms with Crippen molar-refractivity contribution in [1.82, 2.24) is 9.97 Å². The Morgan fingerprint density at radius 3 is 2.43 bits per heavy atom. The summed E-state index contributed by atoms with van der Waals surface area (Å²) in [5.74, 6) is 1.95. The molecule has 6 nitrogen and oxygen atoms in total. The van der Waals surface area contributed by atoms with Gasteiger partial charge in [-0.1, -0.05) is 24.3 Å². The van der Waals surface area contributed by atoms with E-state index in [1.54, 1.807) is 24.3 Å². The summed E-state index contributed by atoms with van der Waals surface area (Å²) >= 11 is 0. The van der Waals surface area contributed by atoms with Gasteiger partial charge < -0.3 is 19.2 Å². The average molecular weight is 402 g/mol. The lowest BCUT2D eigenvalue weighted by Crippen LogP contribution is -2.05. The molecule has 0 saturated carbocycles. The first kappa shape index (κ1) is 19.5. The van der Waals surface area contributed by atoms with Gasteiger partial charge in [0.2, 0.25) is 0 Å². The predicted octanol–water partition coefficient (Wildman–Crippen LogP) is 4.86. The normalized spacial score (nSPS) is 10.7. The molecular formula is C24H22N2O4. The molecule has 4 rings (SSSR count). The fraction of sp³-hybridized carbons (Fsp3) is 0.167. The lowest BCUT2D eigenvalue weighted by atomic mass is 10.2. The van der Waals surface area contributed by atoms with Gasteiger partial charge in [-0.3, -0.25) is 0 Å². The van der Waals surface area contributed by atoms with Crippen LogP contribution in [0.25, 0.3) is 22.4 Å². The van der Waals surface area contributed by atoms with Crippen LogP contribution in [0.4, 0.5) is 0 Å². The molecule has 0 fully saturated rings. The molecule has 0 aliphatic heterocycles. The Kier molecular flexibility index (Phi) is 5.94. The van der Waals surface area contributed by atoms with E-state index in [-0.39, 0.29) is 5.97 Å². The van der Waals surface area contributed by atoms with Gasteiger partial charge in [-0.05, 0) is 48.5 Å². The number of para-hydroxylation sites is 2. The maximum Gasteiger partial charge on any atom is 0.337 e. The van der Waals surface area contributed by atoms with E-state index in [0.29, 0.717) is 24.5 Å². The largest absolute Gasteiger partial charge is 0.493 e. The first-order valence-corrected chi connectivity index (χ1v) is 9.72. The molecule has 0 atom stereocenters. The van der Waals surface area contributed by atoms with Gasteiger partial charge >= 0.3 is 5.97 Å². The Hall–Kier alpha value is -3.80. The first-order valence-electron chi connectivity index (χ1n) is 9.72. The zero-order valence-electron chi connectivity index (χ0n) is 16.6. The van der Waals surface area contributed by atoms with E-state index in [1.807, 2.05) is 48.5 Å². The first-order chi connectivity index (χ1) is 14.7. The number of benzene rings is 3. The molecule has 0 spiro atoms. The minimum atomic E-state index is -0.361. The second-order valence-corrected chi connectivity index (χ2v) is 6.70. The Labute approximate surface area is 174 Å². The zero-order chi connectivity index (χ0) is 20.8. The lowest BCUT2D eigenvalue weighted by molar-refractivity contribution is 0.0600. The number of hydrogen-bond acceptors (Lipinski definition) is 5. The number of carbonyl (C=O) groups excluding carboxylic acids is 1. The van der Waals surface area contributed by atoms with E-state index in [9.17, 15) is 4.79 Å². The van der Waals surface area contributed by atoms with Gasteiger partial charge in [-0.25, -0.2) is 9.78 Å². The molecule has 0 bridgehead atoms. The van der Waals surface area contributed by atoms with Gasteiger partial charge in [-0.15, -0.1) is 0 Å². The summed E-state index contributed by atoms with van der Waals surface area (Å²) in [7, 11) is 1.36. The smallest absolute Gasteiger partial charge is 0.337 e. The highest BCUT2D eigenvalue weighted by Gasteiger charge is 2.07. The van der Waals surface area contributed by atoms with Gasteiger partial charge in [-0.2, -0.15) is 0 Å². The molecule has 152 valence electrons. The quantitative estimate of drug-likeness (QED) is 0.336. The van der Waals surface area contributed by atoms with E-state index >= 15 is 0 Å². The van der Waals surface area contributed by atoms with Crippen LogP contribution in [0.5, 0.6) is 11.5 Å². The SMILES string of the molecule is COC(=O)c1ccc(OCCCOc2cccc(-c3nc4ccccc4[nH]3)c2)cc1. The molecule has 30 heavy (non-hydrogen) atoms. The molecule has 0 unspecified atom stereocenters. The average Bonchev–Trinajstić information content (AvgIpc) is 3.23. The number of rotatable bonds is 8. The van der Waals surface area contributed by atoms with Crippen LogP contribution in [0.15, 0.2) is 72.8 Å². The Balaban J connectivity index is 1.27. The number of nitrogens with zero attached hydrogens (tertiary/aromatic N) is 1. The van der Waals surface area contributed by atoms with Crippen LogP contribution in [-0.4, -0.2) is 36.3 Å². The van der Waals surface area contributed by atoms with Crippen LogP contribution in [0.1, 0.15) is 16.8 Å². The summed E-state index contributed by atoms with van der Waals surface area (Å²) < 4.78 is 16.2. The van der Waals surface area contributed by atoms with E-state index < -0.39 is 0 Å². The number of aromatic amines is 1. The van der Waals surface area contributed by atoms with Crippen LogP contribution >= 0.6 is 0 Å². The third kappa shape index (κ3) is 4.60. The van der Waals surface area contributed by atoms with Gasteiger partial charge in [0.15, 0.2) is 0 Å². The molecule has 0 aliphatic rings. The Morgan fingerprint density at radius 1 is 0.900 bits per heavy atom. The van der Waals surface area contributed by atoms with E-state index in [0.717, 1.165) is 34.6 Å². The van der Waals surface area contributed by atoms with Crippen molar-refractivity contribution < 1.29 is 19.0 Å². The Bertz CT molecular complexity index is 1100. The minimum absolute atomic E-state index is 0.361. The van der Waals surface area contributed by atoms with E-state index in [2.05, 4.69) is 14.7 Å². The number of nitrogens with one attached hydrogen (secondary N) is 1. The number of carbonyl (C=O) groups is 1. The minimum Gasteiger partial charge on any atom is -0.493 e. The fourth-order valence-corrected chi connectivity index (χ4v) is 3.07. The van der Waals surface area contributed by atoms with Crippen molar-refractivity contribution in [3.05, 3.63) is 78.4 Å². The van der Waals surface area contributed by atoms with Crippen molar-refractivity contribution >= 4 is 17.0 Å². The lowest BCUT2D eigenvalue weighted by Gasteiger charge is -2.09. The second-order valence-electron chi connectivity index (χ2n) is 6.70. The van der Waals surface area contributed by atoms with E-state index in [4.69, 9.17) is 9.47 Å². The Morgan fingerprint density at radius 2 is 1.67 bits per heavy atom. The van der Waals surface area contributed by atoms with Crippen LogP contribution in [0, 0.1) is 0 Å². The molecule has 1 N–H and O–H groups in total. The standard InChI is InChI=1S/C24H22N2O4/c1-28-24(27)17-10-12-19(13-11-17)29-14-5-15-30-20-7-4-6-18(16-20)23-25-21-8-2-3-9-22(21)26-23/h2-4,6-13,16H,5,14-15H2,1H3,(H,25,26). The molecule has 3 aromatic carbocycles. The van der Waals surface area contributed by atoms with Gasteiger partial charge in [0.1, 0.15) is 17.3 Å². The third-order valence-electron chi connectivity index (χ3n) is 4.60. The van der Waals surface area contributed by atoms with Gasteiger partial charge in [0.05, 0.1) is 36.9 Å². The summed E-state index contributed by atoms with van der Waals surface area (Å²) in [5.41, 5.74) is 3.43. The molecule has 0 radical (unpaired) electrons. The predicted molar refractivity (Wildman–Crippen MR) is 115 cm³/mol.